The number of ether oxygens (including phenoxy) is 1. The summed E-state index contributed by atoms with van der Waals surface area (Å²) < 4.78 is 6.74. The molecule has 1 aromatic carbocycles. The van der Waals surface area contributed by atoms with Crippen LogP contribution < -0.4 is 4.74 Å². The molecule has 2 unspecified atom stereocenters. The van der Waals surface area contributed by atoms with Crippen LogP contribution in [-0.2, 0) is 4.79 Å². The van der Waals surface area contributed by atoms with Crippen molar-refractivity contribution in [1.82, 2.24) is 0 Å². The summed E-state index contributed by atoms with van der Waals surface area (Å²) >= 11 is 3.35. The molecule has 1 saturated carbocycles. The monoisotopic (exact) mass is 284 g/mol. The second-order valence-electron chi connectivity index (χ2n) is 4.05. The van der Waals surface area contributed by atoms with E-state index in [1.54, 1.807) is 0 Å². The number of hydrogen-bond acceptors (Lipinski definition) is 2. The first-order chi connectivity index (χ1) is 7.65. The topological polar surface area (TPSA) is 46.5 Å². The van der Waals surface area contributed by atoms with Crippen molar-refractivity contribution >= 4 is 21.9 Å². The zero-order valence-electron chi connectivity index (χ0n) is 8.73. The quantitative estimate of drug-likeness (QED) is 0.924. The lowest BCUT2D eigenvalue weighted by Crippen LogP contribution is -2.37. The van der Waals surface area contributed by atoms with Crippen LogP contribution in [0, 0.1) is 5.92 Å². The van der Waals surface area contributed by atoms with Crippen LogP contribution in [0.1, 0.15) is 19.3 Å². The Morgan fingerprint density at radius 1 is 1.38 bits per heavy atom. The molecular weight excluding hydrogens is 272 g/mol. The molecular formula is C12H13BrO3. The highest BCUT2D eigenvalue weighted by molar-refractivity contribution is 9.10. The molecule has 16 heavy (non-hydrogen) atoms. The molecule has 2 atom stereocenters. The smallest absolute Gasteiger partial charge is 0.303 e. The van der Waals surface area contributed by atoms with Gasteiger partial charge in [-0.1, -0.05) is 15.9 Å². The summed E-state index contributed by atoms with van der Waals surface area (Å²) in [5.74, 6) is 0.235. The van der Waals surface area contributed by atoms with E-state index in [2.05, 4.69) is 15.9 Å². The van der Waals surface area contributed by atoms with Gasteiger partial charge in [-0.2, -0.15) is 0 Å². The van der Waals surface area contributed by atoms with Gasteiger partial charge in [0.2, 0.25) is 0 Å². The molecule has 86 valence electrons. The molecule has 0 heterocycles. The fourth-order valence-electron chi connectivity index (χ4n) is 1.84. The molecule has 0 saturated heterocycles. The zero-order chi connectivity index (χ0) is 11.5. The molecule has 0 bridgehead atoms. The highest BCUT2D eigenvalue weighted by Gasteiger charge is 2.34. The number of carboxylic acid groups (broad SMARTS) is 1. The maximum absolute atomic E-state index is 10.6. The first kappa shape index (κ1) is 11.5. The summed E-state index contributed by atoms with van der Waals surface area (Å²) in [7, 11) is 0. The van der Waals surface area contributed by atoms with Crippen LogP contribution in [-0.4, -0.2) is 17.2 Å². The number of hydrogen-bond donors (Lipinski definition) is 1. The van der Waals surface area contributed by atoms with Gasteiger partial charge in [0.25, 0.3) is 0 Å². The van der Waals surface area contributed by atoms with E-state index in [1.165, 1.54) is 0 Å². The summed E-state index contributed by atoms with van der Waals surface area (Å²) in [6.45, 7) is 0. The molecule has 1 aromatic rings. The Bertz CT molecular complexity index is 374. The molecule has 1 aliphatic rings. The second-order valence-corrected chi connectivity index (χ2v) is 4.96. The van der Waals surface area contributed by atoms with Crippen molar-refractivity contribution in [3.8, 4) is 5.75 Å². The Kier molecular flexibility index (Phi) is 3.49. The third-order valence-corrected chi connectivity index (χ3v) is 3.41. The summed E-state index contributed by atoms with van der Waals surface area (Å²) in [6.07, 6.45) is 2.18. The van der Waals surface area contributed by atoms with Crippen LogP contribution in [0.15, 0.2) is 28.7 Å². The number of rotatable bonds is 4. The van der Waals surface area contributed by atoms with Crippen molar-refractivity contribution < 1.29 is 14.6 Å². The lowest BCUT2D eigenvalue weighted by molar-refractivity contribution is -0.140. The number of halogens is 1. The van der Waals surface area contributed by atoms with E-state index in [4.69, 9.17) is 9.84 Å². The van der Waals surface area contributed by atoms with Gasteiger partial charge in [-0.15, -0.1) is 0 Å². The highest BCUT2D eigenvalue weighted by atomic mass is 79.9. The maximum Gasteiger partial charge on any atom is 0.303 e. The Hall–Kier alpha value is -1.03. The maximum atomic E-state index is 10.6. The molecule has 0 aliphatic heterocycles. The Balaban J connectivity index is 1.90. The first-order valence-electron chi connectivity index (χ1n) is 5.29. The van der Waals surface area contributed by atoms with Crippen LogP contribution in [0.5, 0.6) is 5.75 Å². The normalized spacial score (nSPS) is 23.6. The van der Waals surface area contributed by atoms with Gasteiger partial charge in [0.1, 0.15) is 11.9 Å². The lowest BCUT2D eigenvalue weighted by atomic mass is 9.79. The SMILES string of the molecule is O=C(O)CC1CCC1Oc1ccc(Br)cc1. The molecule has 3 nitrogen and oxygen atoms in total. The van der Waals surface area contributed by atoms with Gasteiger partial charge < -0.3 is 9.84 Å². The van der Waals surface area contributed by atoms with Gasteiger partial charge >= 0.3 is 5.97 Å². The van der Waals surface area contributed by atoms with Crippen LogP contribution >= 0.6 is 15.9 Å². The molecule has 2 rings (SSSR count). The predicted octanol–water partition coefficient (Wildman–Crippen LogP) is 3.08. The largest absolute Gasteiger partial charge is 0.490 e. The molecule has 1 aliphatic carbocycles. The van der Waals surface area contributed by atoms with Crippen molar-refractivity contribution in [2.24, 2.45) is 5.92 Å². The summed E-state index contributed by atoms with van der Waals surface area (Å²) in [6, 6.07) is 7.61. The fraction of sp³-hybridized carbons (Fsp3) is 0.417. The minimum absolute atomic E-state index is 0.0669. The van der Waals surface area contributed by atoms with E-state index >= 15 is 0 Å². The van der Waals surface area contributed by atoms with Crippen LogP contribution in [0.2, 0.25) is 0 Å². The average molecular weight is 285 g/mol. The van der Waals surface area contributed by atoms with Crippen molar-refractivity contribution in [3.05, 3.63) is 28.7 Å². The summed E-state index contributed by atoms with van der Waals surface area (Å²) in [5, 5.41) is 8.71. The number of benzene rings is 1. The van der Waals surface area contributed by atoms with Crippen molar-refractivity contribution in [2.45, 2.75) is 25.4 Å². The third-order valence-electron chi connectivity index (χ3n) is 2.89. The standard InChI is InChI=1S/C12H13BrO3/c13-9-2-4-10(5-3-9)16-11-6-1-8(11)7-12(14)15/h2-5,8,11H,1,6-7H2,(H,14,15). The van der Waals surface area contributed by atoms with Crippen molar-refractivity contribution in [2.75, 3.05) is 0 Å². The average Bonchev–Trinajstić information content (AvgIpc) is 2.23. The number of aliphatic carboxylic acids is 1. The Labute approximate surface area is 103 Å². The highest BCUT2D eigenvalue weighted by Crippen LogP contribution is 2.34. The van der Waals surface area contributed by atoms with Crippen LogP contribution in [0.25, 0.3) is 0 Å². The molecule has 0 amide bonds. The predicted molar refractivity (Wildman–Crippen MR) is 63.5 cm³/mol. The van der Waals surface area contributed by atoms with E-state index < -0.39 is 5.97 Å². The van der Waals surface area contributed by atoms with Crippen LogP contribution in [0.4, 0.5) is 0 Å². The lowest BCUT2D eigenvalue weighted by Gasteiger charge is -2.35. The van der Waals surface area contributed by atoms with Gasteiger partial charge in [-0.25, -0.2) is 0 Å². The fourth-order valence-corrected chi connectivity index (χ4v) is 2.10. The molecule has 0 spiro atoms. The van der Waals surface area contributed by atoms with E-state index in [0.717, 1.165) is 23.1 Å². The van der Waals surface area contributed by atoms with Gasteiger partial charge in [-0.05, 0) is 37.1 Å². The van der Waals surface area contributed by atoms with E-state index in [-0.39, 0.29) is 18.4 Å². The molecule has 1 N–H and O–H groups in total. The molecule has 0 aromatic heterocycles. The van der Waals surface area contributed by atoms with Gasteiger partial charge in [0.15, 0.2) is 0 Å². The zero-order valence-corrected chi connectivity index (χ0v) is 10.3. The number of carbonyl (C=O) groups is 1. The van der Waals surface area contributed by atoms with Crippen molar-refractivity contribution in [3.63, 3.8) is 0 Å². The van der Waals surface area contributed by atoms with Crippen molar-refractivity contribution in [1.29, 1.82) is 0 Å². The Morgan fingerprint density at radius 2 is 2.06 bits per heavy atom. The minimum Gasteiger partial charge on any atom is -0.490 e. The van der Waals surface area contributed by atoms with E-state index in [0.29, 0.717) is 0 Å². The Morgan fingerprint density at radius 3 is 2.56 bits per heavy atom. The van der Waals surface area contributed by atoms with Gasteiger partial charge in [-0.3, -0.25) is 4.79 Å². The van der Waals surface area contributed by atoms with Crippen LogP contribution in [0.3, 0.4) is 0 Å². The third kappa shape index (κ3) is 2.76. The molecule has 4 heteroatoms. The number of carboxylic acids is 1. The van der Waals surface area contributed by atoms with E-state index in [1.807, 2.05) is 24.3 Å². The van der Waals surface area contributed by atoms with E-state index in [9.17, 15) is 4.79 Å². The first-order valence-corrected chi connectivity index (χ1v) is 6.08. The van der Waals surface area contributed by atoms with Gasteiger partial charge in [0, 0.05) is 10.4 Å². The molecule has 0 radical (unpaired) electrons. The summed E-state index contributed by atoms with van der Waals surface area (Å²) in [5.41, 5.74) is 0. The minimum atomic E-state index is -0.742. The second kappa shape index (κ2) is 4.87. The molecule has 1 fully saturated rings. The summed E-state index contributed by atoms with van der Waals surface area (Å²) in [4.78, 5) is 10.6. The van der Waals surface area contributed by atoms with Gasteiger partial charge in [0.05, 0.1) is 6.42 Å².